The van der Waals surface area contributed by atoms with Gasteiger partial charge in [-0.05, 0) is 48.7 Å². The smallest absolute Gasteiger partial charge is 0.287 e. The van der Waals surface area contributed by atoms with E-state index < -0.39 is 0 Å². The van der Waals surface area contributed by atoms with Gasteiger partial charge in [0.05, 0.1) is 18.0 Å². The molecule has 2 aromatic carbocycles. The summed E-state index contributed by atoms with van der Waals surface area (Å²) in [5, 5.41) is 9.18. The lowest BCUT2D eigenvalue weighted by Gasteiger charge is -2.13. The third-order valence-electron chi connectivity index (χ3n) is 6.01. The highest BCUT2D eigenvalue weighted by Crippen LogP contribution is 2.30. The van der Waals surface area contributed by atoms with Crippen molar-refractivity contribution in [2.24, 2.45) is 5.10 Å². The minimum atomic E-state index is -0.295. The first kappa shape index (κ1) is 21.6. The normalized spacial score (nSPS) is 14.1. The molecule has 7 heteroatoms. The van der Waals surface area contributed by atoms with E-state index in [2.05, 4.69) is 20.8 Å². The number of carbonyl (C=O) groups is 2. The minimum absolute atomic E-state index is 0.272. The second kappa shape index (κ2) is 9.31. The number of fused-ring (bicyclic) bond motifs is 2. The second-order valence-corrected chi connectivity index (χ2v) is 8.24. The summed E-state index contributed by atoms with van der Waals surface area (Å²) < 4.78 is 5.94. The molecule has 0 saturated heterocycles. The Bertz CT molecular complexity index is 1400. The lowest BCUT2D eigenvalue weighted by Crippen LogP contribution is -2.24. The van der Waals surface area contributed by atoms with E-state index in [9.17, 15) is 9.59 Å². The topological polar surface area (TPSA) is 96.6 Å². The second-order valence-electron chi connectivity index (χ2n) is 8.24. The predicted molar refractivity (Wildman–Crippen MR) is 130 cm³/mol. The van der Waals surface area contributed by atoms with Crippen LogP contribution < -0.4 is 10.7 Å². The zero-order valence-corrected chi connectivity index (χ0v) is 18.8. The number of hydrazone groups is 1. The summed E-state index contributed by atoms with van der Waals surface area (Å²) >= 11 is 0. The fourth-order valence-electron chi connectivity index (χ4n) is 4.35. The van der Waals surface area contributed by atoms with E-state index in [1.165, 1.54) is 0 Å². The molecule has 0 radical (unpaired) electrons. The van der Waals surface area contributed by atoms with Crippen LogP contribution in [0.5, 0.6) is 0 Å². The Kier molecular flexibility index (Phi) is 5.91. The Balaban J connectivity index is 1.36. The molecule has 0 spiro atoms. The van der Waals surface area contributed by atoms with Crippen LogP contribution in [-0.2, 0) is 13.0 Å². The van der Waals surface area contributed by atoms with E-state index in [0.717, 1.165) is 51.9 Å². The first-order valence-electron chi connectivity index (χ1n) is 11.3. The number of pyridine rings is 1. The number of benzene rings is 2. The Labute approximate surface area is 196 Å². The van der Waals surface area contributed by atoms with Gasteiger partial charge >= 0.3 is 0 Å². The Morgan fingerprint density at radius 2 is 1.82 bits per heavy atom. The van der Waals surface area contributed by atoms with Crippen molar-refractivity contribution in [1.29, 1.82) is 0 Å². The van der Waals surface area contributed by atoms with Gasteiger partial charge in [0.25, 0.3) is 11.8 Å². The van der Waals surface area contributed by atoms with Crippen molar-refractivity contribution in [3.05, 3.63) is 101 Å². The van der Waals surface area contributed by atoms with E-state index in [0.29, 0.717) is 18.5 Å². The van der Waals surface area contributed by atoms with Gasteiger partial charge in [0.1, 0.15) is 5.76 Å². The summed E-state index contributed by atoms with van der Waals surface area (Å²) in [5.74, 6) is 0.434. The summed E-state index contributed by atoms with van der Waals surface area (Å²) in [7, 11) is 0. The number of furan rings is 1. The highest BCUT2D eigenvalue weighted by atomic mass is 16.4. The van der Waals surface area contributed by atoms with Gasteiger partial charge in [0, 0.05) is 29.3 Å². The van der Waals surface area contributed by atoms with E-state index in [1.807, 2.05) is 61.5 Å². The molecule has 2 aromatic heterocycles. The number of nitrogens with zero attached hydrogens (tertiary/aromatic N) is 2. The Morgan fingerprint density at radius 3 is 2.68 bits per heavy atom. The van der Waals surface area contributed by atoms with Crippen LogP contribution in [0.3, 0.4) is 0 Å². The molecular formula is C27H24N4O3. The van der Waals surface area contributed by atoms with Crippen molar-refractivity contribution in [3.8, 4) is 0 Å². The number of hydrogen-bond donors (Lipinski definition) is 2. The maximum Gasteiger partial charge on any atom is 0.287 e. The van der Waals surface area contributed by atoms with Crippen molar-refractivity contribution in [1.82, 2.24) is 15.7 Å². The van der Waals surface area contributed by atoms with Crippen LogP contribution in [0.4, 0.5) is 0 Å². The van der Waals surface area contributed by atoms with Gasteiger partial charge in [-0.1, -0.05) is 42.5 Å². The van der Waals surface area contributed by atoms with Gasteiger partial charge in [-0.25, -0.2) is 5.43 Å². The van der Waals surface area contributed by atoms with Crippen LogP contribution in [0.25, 0.3) is 10.8 Å². The number of aryl methyl sites for hydroxylation is 1. The zero-order chi connectivity index (χ0) is 23.5. The van der Waals surface area contributed by atoms with Gasteiger partial charge in [-0.3, -0.25) is 14.6 Å². The van der Waals surface area contributed by atoms with Gasteiger partial charge in [-0.15, -0.1) is 0 Å². The quantitative estimate of drug-likeness (QED) is 0.435. The molecule has 5 rings (SSSR count). The molecule has 0 saturated carbocycles. The van der Waals surface area contributed by atoms with E-state index >= 15 is 0 Å². The average Bonchev–Trinajstić information content (AvgIpc) is 3.23. The van der Waals surface area contributed by atoms with Gasteiger partial charge in [0.2, 0.25) is 0 Å². The van der Waals surface area contributed by atoms with Crippen molar-refractivity contribution in [3.63, 3.8) is 0 Å². The first-order valence-corrected chi connectivity index (χ1v) is 11.3. The summed E-state index contributed by atoms with van der Waals surface area (Å²) in [6, 6.07) is 18.9. The lowest BCUT2D eigenvalue weighted by molar-refractivity contribution is 0.0918. The number of carbonyl (C=O) groups excluding carboxylic acids is 2. The number of hydrogen-bond acceptors (Lipinski definition) is 5. The van der Waals surface area contributed by atoms with Crippen LogP contribution in [-0.4, -0.2) is 22.5 Å². The number of rotatable bonds is 5. The number of aromatic nitrogens is 1. The predicted octanol–water partition coefficient (Wildman–Crippen LogP) is 4.54. The first-order chi connectivity index (χ1) is 16.6. The van der Waals surface area contributed by atoms with Gasteiger partial charge in [-0.2, -0.15) is 5.10 Å². The maximum atomic E-state index is 12.9. The molecule has 34 heavy (non-hydrogen) atoms. The molecule has 1 aliphatic rings. The number of amides is 2. The maximum absolute atomic E-state index is 12.9. The van der Waals surface area contributed by atoms with Gasteiger partial charge < -0.3 is 9.73 Å². The van der Waals surface area contributed by atoms with Crippen LogP contribution in [0.1, 0.15) is 56.3 Å². The van der Waals surface area contributed by atoms with Crippen LogP contribution >= 0.6 is 0 Å². The third-order valence-corrected chi connectivity index (χ3v) is 6.01. The van der Waals surface area contributed by atoms with E-state index in [-0.39, 0.29) is 17.6 Å². The third kappa shape index (κ3) is 4.20. The molecule has 0 fully saturated rings. The fourth-order valence-corrected chi connectivity index (χ4v) is 4.35. The van der Waals surface area contributed by atoms with Crippen molar-refractivity contribution in [2.45, 2.75) is 32.7 Å². The van der Waals surface area contributed by atoms with Crippen LogP contribution in [0.2, 0.25) is 0 Å². The molecule has 2 N–H and O–H groups in total. The van der Waals surface area contributed by atoms with Crippen molar-refractivity contribution in [2.75, 3.05) is 0 Å². The largest absolute Gasteiger partial charge is 0.455 e. The van der Waals surface area contributed by atoms with Crippen LogP contribution in [0, 0.1) is 6.92 Å². The Morgan fingerprint density at radius 1 is 1.00 bits per heavy atom. The average molecular weight is 453 g/mol. The summed E-state index contributed by atoms with van der Waals surface area (Å²) in [6.07, 6.45) is 3.93. The molecule has 0 unspecified atom stereocenters. The summed E-state index contributed by atoms with van der Waals surface area (Å²) in [5.41, 5.74) is 6.31. The molecule has 1 aliphatic carbocycles. The standard InChI is InChI=1S/C27H24N4O3/c1-17-24-22(30-31-26(32)21-12-6-9-18-8-2-3-11-20(18)21)13-7-14-23(24)34-25(17)27(33)29-16-19-10-4-5-15-28-19/h2-6,8-12,15H,7,13-14,16H2,1H3,(H,29,33)(H,31,32)/b30-22+. The summed E-state index contributed by atoms with van der Waals surface area (Å²) in [4.78, 5) is 29.9. The van der Waals surface area contributed by atoms with Crippen molar-refractivity contribution >= 4 is 28.3 Å². The SMILES string of the molecule is Cc1c(C(=O)NCc2ccccn2)oc2c1/C(=N/NC(=O)c1cccc3ccccc13)CCC2. The highest BCUT2D eigenvalue weighted by molar-refractivity contribution is 6.09. The van der Waals surface area contributed by atoms with Crippen molar-refractivity contribution < 1.29 is 14.0 Å². The molecule has 0 aliphatic heterocycles. The molecule has 0 atom stereocenters. The molecule has 4 aromatic rings. The van der Waals surface area contributed by atoms with Crippen LogP contribution in [0.15, 0.2) is 76.4 Å². The zero-order valence-electron chi connectivity index (χ0n) is 18.8. The molecule has 2 amide bonds. The molecule has 0 bridgehead atoms. The highest BCUT2D eigenvalue weighted by Gasteiger charge is 2.28. The minimum Gasteiger partial charge on any atom is -0.455 e. The van der Waals surface area contributed by atoms with E-state index in [4.69, 9.17) is 4.42 Å². The molecular weight excluding hydrogens is 428 g/mol. The Hall–Kier alpha value is -4.26. The van der Waals surface area contributed by atoms with E-state index in [1.54, 1.807) is 12.3 Å². The van der Waals surface area contributed by atoms with Gasteiger partial charge in [0.15, 0.2) is 5.76 Å². The monoisotopic (exact) mass is 452 g/mol. The molecule has 2 heterocycles. The summed E-state index contributed by atoms with van der Waals surface area (Å²) in [6.45, 7) is 2.16. The molecule has 7 nitrogen and oxygen atoms in total. The fraction of sp³-hybridized carbons (Fsp3) is 0.185. The molecule has 170 valence electrons. The lowest BCUT2D eigenvalue weighted by atomic mass is 9.93. The number of nitrogens with one attached hydrogen (secondary N) is 2.